The molecule has 1 fully saturated rings. The lowest BCUT2D eigenvalue weighted by molar-refractivity contribution is -0.00720. The largest absolute Gasteiger partial charge is 0.385 e. The molecule has 0 bridgehead atoms. The summed E-state index contributed by atoms with van der Waals surface area (Å²) in [5.74, 6) is 0.243. The minimum absolute atomic E-state index is 0.0116. The van der Waals surface area contributed by atoms with Crippen LogP contribution in [0.15, 0.2) is 0 Å². The number of hydrogen-bond acceptors (Lipinski definition) is 4. The van der Waals surface area contributed by atoms with Crippen LogP contribution in [-0.2, 0) is 18.7 Å². The van der Waals surface area contributed by atoms with E-state index in [9.17, 15) is 0 Å². The second-order valence-corrected chi connectivity index (χ2v) is 4.46. The fourth-order valence-corrected chi connectivity index (χ4v) is 2.19. The molecule has 1 aliphatic heterocycles. The Hall–Kier alpha value is 0.335. The van der Waals surface area contributed by atoms with Gasteiger partial charge in [-0.2, -0.15) is 0 Å². The Balaban J connectivity index is 0.000000557. The summed E-state index contributed by atoms with van der Waals surface area (Å²) >= 11 is 0. The van der Waals surface area contributed by atoms with E-state index in [0.29, 0.717) is 15.4 Å². The molecule has 5 unspecified atom stereocenters. The lowest BCUT2D eigenvalue weighted by atomic mass is 9.86. The Morgan fingerprint density at radius 3 is 2.29 bits per heavy atom. The van der Waals surface area contributed by atoms with E-state index in [1.165, 1.54) is 0 Å². The molecule has 1 aliphatic rings. The zero-order valence-electron chi connectivity index (χ0n) is 11.4. The van der Waals surface area contributed by atoms with Gasteiger partial charge in [0.2, 0.25) is 0 Å². The van der Waals surface area contributed by atoms with E-state index < -0.39 is 0 Å². The zero-order chi connectivity index (χ0) is 13.3. The molecule has 2 radical (unpaired) electrons. The lowest BCUT2D eigenvalue weighted by Crippen LogP contribution is -2.30. The monoisotopic (exact) mass is 262 g/mol. The van der Waals surface area contributed by atoms with E-state index in [0.717, 1.165) is 6.61 Å². The third kappa shape index (κ3) is 6.16. The number of hydrogen-bond donors (Lipinski definition) is 0. The highest BCUT2D eigenvalue weighted by molar-refractivity contribution is 7.31. The van der Waals surface area contributed by atoms with Crippen molar-refractivity contribution < 1.29 is 18.7 Å². The highest BCUT2D eigenvalue weighted by Crippen LogP contribution is 2.31. The highest BCUT2D eigenvalue weighted by Gasteiger charge is 2.39. The average Bonchev–Trinajstić information content (AvgIpc) is 2.58. The van der Waals surface area contributed by atoms with E-state index in [1.807, 2.05) is 20.5 Å². The van der Waals surface area contributed by atoms with Crippen LogP contribution in [0.1, 0.15) is 13.8 Å². The summed E-state index contributed by atoms with van der Waals surface area (Å²) in [6.45, 7) is 7.37. The smallest absolute Gasteiger partial charge is 0.109 e. The Morgan fingerprint density at radius 1 is 1.29 bits per heavy atom. The fraction of sp³-hybridized carbons (Fsp3) is 1.00. The molecule has 4 nitrogen and oxygen atoms in total. The van der Waals surface area contributed by atoms with Crippen molar-refractivity contribution in [1.82, 2.24) is 0 Å². The first kappa shape index (κ1) is 17.3. The first-order valence-electron chi connectivity index (χ1n) is 5.83. The molecule has 0 N–H and O–H groups in total. The van der Waals surface area contributed by atoms with E-state index >= 15 is 0 Å². The predicted octanol–water partition coefficient (Wildman–Crippen LogP) is 1.42. The second-order valence-electron chi connectivity index (χ2n) is 3.82. The Morgan fingerprint density at radius 2 is 1.88 bits per heavy atom. The van der Waals surface area contributed by atoms with Crippen molar-refractivity contribution in [3.05, 3.63) is 0 Å². The number of ether oxygens (including phenoxy) is 3. The fourth-order valence-electron chi connectivity index (χ4n) is 1.55. The van der Waals surface area contributed by atoms with E-state index in [4.69, 9.17) is 21.8 Å². The topological polar surface area (TPSA) is 36.9 Å². The normalized spacial score (nSPS) is 32.8. The first-order chi connectivity index (χ1) is 8.12. The summed E-state index contributed by atoms with van der Waals surface area (Å²) in [5.41, 5.74) is 0. The van der Waals surface area contributed by atoms with Gasteiger partial charge in [0.15, 0.2) is 0 Å². The molecule has 1 heterocycles. The van der Waals surface area contributed by atoms with Gasteiger partial charge < -0.3 is 18.7 Å². The van der Waals surface area contributed by atoms with Crippen LogP contribution in [0.25, 0.3) is 0 Å². The standard InChI is InChI=1S/C8H16BO3P.C3H8O/c1-5-7(12-13-3)6(4-10-2)11-8(5)9;1-3-4-2/h5-8,13H,4H2,1-3H3;3H2,1-2H3. The van der Waals surface area contributed by atoms with Crippen LogP contribution in [-0.4, -0.2) is 60.2 Å². The molecule has 0 aromatic rings. The third-order valence-corrected chi connectivity index (χ3v) is 3.12. The van der Waals surface area contributed by atoms with E-state index in [2.05, 4.69) is 4.74 Å². The molecular weight excluding hydrogens is 238 g/mol. The van der Waals surface area contributed by atoms with Gasteiger partial charge in [-0.15, -0.1) is 0 Å². The summed E-state index contributed by atoms with van der Waals surface area (Å²) < 4.78 is 20.7. The average molecular weight is 262 g/mol. The molecule has 0 spiro atoms. The highest BCUT2D eigenvalue weighted by atomic mass is 31.1. The SMILES string of the molecule is CCOC.[B]C1OC(COC)C(OPC)C1C. The van der Waals surface area contributed by atoms with Crippen molar-refractivity contribution in [2.45, 2.75) is 32.1 Å². The Labute approximate surface area is 108 Å². The van der Waals surface area contributed by atoms with Crippen molar-refractivity contribution in [1.29, 1.82) is 0 Å². The molecule has 1 rings (SSSR count). The van der Waals surface area contributed by atoms with Gasteiger partial charge in [0, 0.05) is 41.6 Å². The Kier molecular flexibility index (Phi) is 10.5. The van der Waals surface area contributed by atoms with Gasteiger partial charge >= 0.3 is 0 Å². The molecule has 0 aliphatic carbocycles. The zero-order valence-corrected chi connectivity index (χ0v) is 12.4. The van der Waals surface area contributed by atoms with Gasteiger partial charge in [-0.1, -0.05) is 6.92 Å². The van der Waals surface area contributed by atoms with Gasteiger partial charge in [-0.05, 0) is 13.6 Å². The van der Waals surface area contributed by atoms with Gasteiger partial charge in [0.1, 0.15) is 14.0 Å². The molecule has 100 valence electrons. The van der Waals surface area contributed by atoms with Crippen molar-refractivity contribution in [2.24, 2.45) is 5.92 Å². The van der Waals surface area contributed by atoms with Crippen LogP contribution in [0, 0.1) is 5.92 Å². The van der Waals surface area contributed by atoms with Crippen LogP contribution in [0.3, 0.4) is 0 Å². The molecule has 0 saturated carbocycles. The van der Waals surface area contributed by atoms with Crippen LogP contribution >= 0.6 is 8.81 Å². The van der Waals surface area contributed by atoms with Crippen LogP contribution in [0.4, 0.5) is 0 Å². The number of rotatable bonds is 5. The van der Waals surface area contributed by atoms with Crippen molar-refractivity contribution in [3.8, 4) is 0 Å². The summed E-state index contributed by atoms with van der Waals surface area (Å²) in [7, 11) is 9.57. The minimum atomic E-state index is -0.221. The summed E-state index contributed by atoms with van der Waals surface area (Å²) in [5, 5.41) is 0. The van der Waals surface area contributed by atoms with Gasteiger partial charge in [0.05, 0.1) is 12.7 Å². The molecule has 0 aromatic heterocycles. The van der Waals surface area contributed by atoms with E-state index in [-0.39, 0.29) is 24.1 Å². The molecule has 17 heavy (non-hydrogen) atoms. The molecule has 0 amide bonds. The minimum Gasteiger partial charge on any atom is -0.385 e. The van der Waals surface area contributed by atoms with Crippen LogP contribution < -0.4 is 0 Å². The van der Waals surface area contributed by atoms with E-state index in [1.54, 1.807) is 14.2 Å². The van der Waals surface area contributed by atoms with Gasteiger partial charge in [-0.3, -0.25) is 0 Å². The maximum Gasteiger partial charge on any atom is 0.109 e. The molecule has 1 saturated heterocycles. The number of methoxy groups -OCH3 is 2. The molecule has 6 heteroatoms. The predicted molar refractivity (Wildman–Crippen MR) is 72.1 cm³/mol. The van der Waals surface area contributed by atoms with Crippen molar-refractivity contribution >= 4 is 16.7 Å². The Bertz CT molecular complexity index is 183. The van der Waals surface area contributed by atoms with Gasteiger partial charge in [0.25, 0.3) is 0 Å². The summed E-state index contributed by atoms with van der Waals surface area (Å²) in [6, 6.07) is -0.221. The van der Waals surface area contributed by atoms with Crippen LogP contribution in [0.5, 0.6) is 0 Å². The van der Waals surface area contributed by atoms with Gasteiger partial charge in [-0.25, -0.2) is 0 Å². The van der Waals surface area contributed by atoms with Crippen LogP contribution in [0.2, 0.25) is 0 Å². The lowest BCUT2D eigenvalue weighted by Gasteiger charge is -2.19. The summed E-state index contributed by atoms with van der Waals surface area (Å²) in [4.78, 5) is 0. The third-order valence-electron chi connectivity index (χ3n) is 2.61. The molecule has 0 aromatic carbocycles. The quantitative estimate of drug-likeness (QED) is 0.554. The van der Waals surface area contributed by atoms with Crippen molar-refractivity contribution in [2.75, 3.05) is 34.1 Å². The maximum absolute atomic E-state index is 5.76. The maximum atomic E-state index is 5.76. The summed E-state index contributed by atoms with van der Waals surface area (Å²) in [6.07, 6.45) is 0.0701. The first-order valence-corrected chi connectivity index (χ1v) is 7.24. The molecular formula is C11H24BO4P. The molecule has 5 atom stereocenters. The van der Waals surface area contributed by atoms with Crippen molar-refractivity contribution in [3.63, 3.8) is 0 Å². The second kappa shape index (κ2) is 10.3.